The average molecular weight is 341 g/mol. The van der Waals surface area contributed by atoms with Gasteiger partial charge in [-0.3, -0.25) is 4.90 Å². The van der Waals surface area contributed by atoms with Crippen molar-refractivity contribution in [3.05, 3.63) is 34.6 Å². The minimum atomic E-state index is -0.332. The number of nitrogens with one attached hydrogen (secondary N) is 1. The molecule has 1 fully saturated rings. The van der Waals surface area contributed by atoms with Gasteiger partial charge in [-0.05, 0) is 12.1 Å². The van der Waals surface area contributed by atoms with E-state index in [2.05, 4.69) is 16.3 Å². The van der Waals surface area contributed by atoms with E-state index in [0.717, 1.165) is 26.2 Å². The first-order valence-electron chi connectivity index (χ1n) is 5.99. The number of benzene rings is 1. The van der Waals surface area contributed by atoms with Crippen molar-refractivity contribution < 1.29 is 4.39 Å². The molecule has 1 atom stereocenters. The van der Waals surface area contributed by atoms with Crippen LogP contribution in [0.5, 0.6) is 0 Å². The molecule has 20 heavy (non-hydrogen) atoms. The lowest BCUT2D eigenvalue weighted by Crippen LogP contribution is -2.45. The molecular formula is C13H17Cl3FN3. The number of nitrogens with zero attached hydrogens (tertiary/aromatic N) is 2. The molecule has 1 aromatic rings. The maximum Gasteiger partial charge on any atom is 0.129 e. The Labute approximate surface area is 135 Å². The molecule has 0 spiro atoms. The summed E-state index contributed by atoms with van der Waals surface area (Å²) < 4.78 is 13.9. The Morgan fingerprint density at radius 2 is 2.00 bits per heavy atom. The molecule has 0 amide bonds. The van der Waals surface area contributed by atoms with Crippen LogP contribution in [0.2, 0.25) is 5.02 Å². The third-order valence-corrected chi connectivity index (χ3v) is 3.43. The van der Waals surface area contributed by atoms with Gasteiger partial charge in [0, 0.05) is 36.8 Å². The highest BCUT2D eigenvalue weighted by molar-refractivity contribution is 6.30. The first-order chi connectivity index (χ1) is 8.72. The van der Waals surface area contributed by atoms with E-state index in [1.165, 1.54) is 6.07 Å². The smallest absolute Gasteiger partial charge is 0.129 e. The fourth-order valence-electron chi connectivity index (χ4n) is 2.29. The van der Waals surface area contributed by atoms with Crippen LogP contribution in [0.25, 0.3) is 0 Å². The molecule has 112 valence electrons. The van der Waals surface area contributed by atoms with Gasteiger partial charge < -0.3 is 5.32 Å². The number of piperazine rings is 1. The highest BCUT2D eigenvalue weighted by Crippen LogP contribution is 2.28. The minimum absolute atomic E-state index is 0. The van der Waals surface area contributed by atoms with Crippen molar-refractivity contribution in [1.29, 1.82) is 5.26 Å². The van der Waals surface area contributed by atoms with E-state index in [9.17, 15) is 4.39 Å². The summed E-state index contributed by atoms with van der Waals surface area (Å²) in [5.41, 5.74) is 0.558. The van der Waals surface area contributed by atoms with Crippen molar-refractivity contribution in [3.63, 3.8) is 0 Å². The van der Waals surface area contributed by atoms with Gasteiger partial charge >= 0.3 is 0 Å². The summed E-state index contributed by atoms with van der Waals surface area (Å²) in [6, 6.07) is 6.62. The monoisotopic (exact) mass is 339 g/mol. The fourth-order valence-corrected chi connectivity index (χ4v) is 2.45. The van der Waals surface area contributed by atoms with E-state index in [0.29, 0.717) is 17.0 Å². The lowest BCUT2D eigenvalue weighted by molar-refractivity contribution is 0.172. The van der Waals surface area contributed by atoms with E-state index in [1.807, 2.05) is 0 Å². The first-order valence-corrected chi connectivity index (χ1v) is 6.37. The molecule has 0 saturated carbocycles. The van der Waals surface area contributed by atoms with E-state index in [4.69, 9.17) is 16.9 Å². The molecule has 1 aromatic carbocycles. The van der Waals surface area contributed by atoms with Crippen LogP contribution in [0, 0.1) is 17.1 Å². The molecule has 1 aliphatic rings. The summed E-state index contributed by atoms with van der Waals surface area (Å²) in [7, 11) is 0. The topological polar surface area (TPSA) is 39.1 Å². The molecule has 0 bridgehead atoms. The zero-order valence-corrected chi connectivity index (χ0v) is 13.2. The Kier molecular flexibility index (Phi) is 9.11. The highest BCUT2D eigenvalue weighted by atomic mass is 35.5. The molecule has 1 aliphatic heterocycles. The quantitative estimate of drug-likeness (QED) is 0.918. The summed E-state index contributed by atoms with van der Waals surface area (Å²) in [5.74, 6) is -0.332. The second-order valence-electron chi connectivity index (χ2n) is 4.33. The Hall–Kier alpha value is -0.570. The lowest BCUT2D eigenvalue weighted by atomic mass is 10.0. The summed E-state index contributed by atoms with van der Waals surface area (Å²) in [6.07, 6.45) is 0.290. The number of rotatable bonds is 3. The van der Waals surface area contributed by atoms with Gasteiger partial charge in [-0.25, -0.2) is 4.39 Å². The minimum Gasteiger partial charge on any atom is -0.314 e. The number of hydrogen-bond acceptors (Lipinski definition) is 3. The molecule has 0 aliphatic carbocycles. The third kappa shape index (κ3) is 4.76. The largest absolute Gasteiger partial charge is 0.314 e. The first kappa shape index (κ1) is 19.4. The number of halogens is 4. The van der Waals surface area contributed by atoms with Crippen LogP contribution in [0.15, 0.2) is 18.2 Å². The van der Waals surface area contributed by atoms with Gasteiger partial charge in [0.25, 0.3) is 0 Å². The Bertz CT molecular complexity index is 459. The van der Waals surface area contributed by atoms with Crippen LogP contribution in [-0.4, -0.2) is 31.1 Å². The standard InChI is InChI=1S/C13H15ClFN3.2ClH/c14-10-1-2-11(12(15)9-10)13(3-4-16)18-7-5-17-6-8-18;;/h1-2,9,13,17H,3,5-8H2;2*1H/t13-;;/m1../s1. The Morgan fingerprint density at radius 1 is 1.35 bits per heavy atom. The van der Waals surface area contributed by atoms with Gasteiger partial charge in [-0.15, -0.1) is 24.8 Å². The summed E-state index contributed by atoms with van der Waals surface area (Å²) in [4.78, 5) is 2.14. The van der Waals surface area contributed by atoms with Crippen molar-refractivity contribution in [3.8, 4) is 6.07 Å². The maximum absolute atomic E-state index is 13.9. The highest BCUT2D eigenvalue weighted by Gasteiger charge is 2.24. The molecule has 0 radical (unpaired) electrons. The molecule has 0 aromatic heterocycles. The fraction of sp³-hybridized carbons (Fsp3) is 0.462. The second-order valence-corrected chi connectivity index (χ2v) is 4.77. The van der Waals surface area contributed by atoms with Gasteiger partial charge in [0.1, 0.15) is 5.82 Å². The van der Waals surface area contributed by atoms with Gasteiger partial charge in [0.15, 0.2) is 0 Å². The number of nitriles is 1. The van der Waals surface area contributed by atoms with Gasteiger partial charge in [-0.1, -0.05) is 17.7 Å². The van der Waals surface area contributed by atoms with Gasteiger partial charge in [0.05, 0.1) is 18.5 Å². The second kappa shape index (κ2) is 9.38. The van der Waals surface area contributed by atoms with Gasteiger partial charge in [0.2, 0.25) is 0 Å². The average Bonchev–Trinajstić information content (AvgIpc) is 2.38. The SMILES string of the molecule is Cl.Cl.N#CC[C@H](c1ccc(Cl)cc1F)N1CCNCC1. The molecular weight excluding hydrogens is 324 g/mol. The number of hydrogen-bond donors (Lipinski definition) is 1. The molecule has 0 unspecified atom stereocenters. The Balaban J connectivity index is 0.00000180. The predicted molar refractivity (Wildman–Crippen MR) is 83.3 cm³/mol. The van der Waals surface area contributed by atoms with E-state index < -0.39 is 0 Å². The molecule has 3 nitrogen and oxygen atoms in total. The van der Waals surface area contributed by atoms with Crippen LogP contribution in [-0.2, 0) is 0 Å². The lowest BCUT2D eigenvalue weighted by Gasteiger charge is -2.34. The predicted octanol–water partition coefficient (Wildman–Crippen LogP) is 3.18. The van der Waals surface area contributed by atoms with Crippen LogP contribution in [0.1, 0.15) is 18.0 Å². The zero-order valence-electron chi connectivity index (χ0n) is 10.8. The Morgan fingerprint density at radius 3 is 2.55 bits per heavy atom. The molecule has 7 heteroatoms. The van der Waals surface area contributed by atoms with Crippen molar-refractivity contribution >= 4 is 36.4 Å². The van der Waals surface area contributed by atoms with Crippen LogP contribution in [0.4, 0.5) is 4.39 Å². The van der Waals surface area contributed by atoms with Crippen molar-refractivity contribution in [1.82, 2.24) is 10.2 Å². The van der Waals surface area contributed by atoms with Crippen LogP contribution >= 0.6 is 36.4 Å². The van der Waals surface area contributed by atoms with Crippen LogP contribution < -0.4 is 5.32 Å². The van der Waals surface area contributed by atoms with Crippen molar-refractivity contribution in [2.24, 2.45) is 0 Å². The van der Waals surface area contributed by atoms with E-state index in [-0.39, 0.29) is 36.7 Å². The normalized spacial score (nSPS) is 16.4. The molecule has 2 rings (SSSR count). The molecule has 1 saturated heterocycles. The molecule has 1 heterocycles. The van der Waals surface area contributed by atoms with Crippen molar-refractivity contribution in [2.45, 2.75) is 12.5 Å². The third-order valence-electron chi connectivity index (χ3n) is 3.20. The van der Waals surface area contributed by atoms with Gasteiger partial charge in [-0.2, -0.15) is 5.26 Å². The summed E-state index contributed by atoms with van der Waals surface area (Å²) in [5, 5.41) is 12.6. The van der Waals surface area contributed by atoms with Crippen molar-refractivity contribution in [2.75, 3.05) is 26.2 Å². The summed E-state index contributed by atoms with van der Waals surface area (Å²) in [6.45, 7) is 3.40. The zero-order chi connectivity index (χ0) is 13.0. The maximum atomic E-state index is 13.9. The van der Waals surface area contributed by atoms with E-state index >= 15 is 0 Å². The van der Waals surface area contributed by atoms with E-state index in [1.54, 1.807) is 12.1 Å². The van der Waals surface area contributed by atoms with Crippen LogP contribution in [0.3, 0.4) is 0 Å². The summed E-state index contributed by atoms with van der Waals surface area (Å²) >= 11 is 5.76. The molecule has 1 N–H and O–H groups in total.